The lowest BCUT2D eigenvalue weighted by Gasteiger charge is -2.24. The molecule has 0 heterocycles. The fourth-order valence-corrected chi connectivity index (χ4v) is 7.61. The van der Waals surface area contributed by atoms with Crippen molar-refractivity contribution in [1.29, 1.82) is 0 Å². The zero-order valence-corrected chi connectivity index (χ0v) is 40.1. The van der Waals surface area contributed by atoms with E-state index in [4.69, 9.17) is 18.5 Å². The Morgan fingerprint density at radius 2 is 0.915 bits per heavy atom. The van der Waals surface area contributed by atoms with Crippen LogP contribution in [0.15, 0.2) is 24.3 Å². The summed E-state index contributed by atoms with van der Waals surface area (Å²) in [7, 11) is 1.48. The summed E-state index contributed by atoms with van der Waals surface area (Å²) in [5.74, 6) is -0.804. The van der Waals surface area contributed by atoms with Crippen LogP contribution < -0.4 is 0 Å². The molecule has 0 spiro atoms. The molecule has 0 aromatic rings. The molecule has 2 atom stereocenters. The van der Waals surface area contributed by atoms with Gasteiger partial charge in [-0.25, -0.2) is 4.57 Å². The minimum absolute atomic E-state index is 0.0308. The Balaban J connectivity index is 4.27. The molecule has 0 aromatic heterocycles. The van der Waals surface area contributed by atoms with E-state index in [1.807, 2.05) is 21.1 Å². The van der Waals surface area contributed by atoms with E-state index in [2.05, 4.69) is 38.2 Å². The van der Waals surface area contributed by atoms with Crippen LogP contribution in [0.2, 0.25) is 0 Å². The average molecular weight is 857 g/mol. The number of ether oxygens (including phenoxy) is 2. The normalized spacial score (nSPS) is 13.7. The van der Waals surface area contributed by atoms with Crippen molar-refractivity contribution < 1.29 is 42.1 Å². The van der Waals surface area contributed by atoms with Crippen LogP contribution >= 0.6 is 7.82 Å². The lowest BCUT2D eigenvalue weighted by atomic mass is 10.0. The summed E-state index contributed by atoms with van der Waals surface area (Å²) >= 11 is 0. The standard InChI is InChI=1S/C49H94NO8P/c1-6-8-10-12-14-16-18-20-22-24-25-26-28-29-31-33-35-37-39-41-48(51)55-45-47(46-57-59(53,54)56-44-43-50(3,4)5)58-49(52)42-40-38-36-34-32-30-27-23-21-19-17-15-13-11-9-7-2/h17,19,23,27,47H,6-16,18,20-22,24-26,28-46H2,1-5H3/p+1/b19-17-,27-23-. The first-order valence-electron chi connectivity index (χ1n) is 24.6. The largest absolute Gasteiger partial charge is 0.472 e. The number of hydrogen-bond acceptors (Lipinski definition) is 7. The molecule has 59 heavy (non-hydrogen) atoms. The first-order chi connectivity index (χ1) is 28.5. The summed E-state index contributed by atoms with van der Waals surface area (Å²) in [6.07, 6.45) is 46.5. The Labute approximate surface area is 364 Å². The highest BCUT2D eigenvalue weighted by Gasteiger charge is 2.27. The van der Waals surface area contributed by atoms with Gasteiger partial charge in [-0.1, -0.05) is 192 Å². The van der Waals surface area contributed by atoms with E-state index in [0.717, 1.165) is 57.8 Å². The van der Waals surface area contributed by atoms with E-state index in [-0.39, 0.29) is 25.6 Å². The van der Waals surface area contributed by atoms with Crippen LogP contribution in [0, 0.1) is 0 Å². The summed E-state index contributed by atoms with van der Waals surface area (Å²) in [4.78, 5) is 35.5. The number of allylic oxidation sites excluding steroid dienone is 4. The van der Waals surface area contributed by atoms with E-state index in [9.17, 15) is 19.0 Å². The maximum atomic E-state index is 12.7. The second-order valence-corrected chi connectivity index (χ2v) is 19.3. The van der Waals surface area contributed by atoms with Crippen molar-refractivity contribution in [1.82, 2.24) is 0 Å². The molecular weight excluding hydrogens is 762 g/mol. The van der Waals surface area contributed by atoms with E-state index < -0.39 is 26.5 Å². The summed E-state index contributed by atoms with van der Waals surface area (Å²) in [6, 6.07) is 0. The zero-order chi connectivity index (χ0) is 43.6. The molecule has 2 unspecified atom stereocenters. The predicted octanol–water partition coefficient (Wildman–Crippen LogP) is 14.3. The number of esters is 2. The van der Waals surface area contributed by atoms with Gasteiger partial charge in [0.25, 0.3) is 0 Å². The van der Waals surface area contributed by atoms with Gasteiger partial charge in [-0.15, -0.1) is 0 Å². The molecule has 0 fully saturated rings. The molecule has 0 aliphatic rings. The molecule has 10 heteroatoms. The minimum atomic E-state index is -4.38. The number of quaternary nitrogens is 1. The Morgan fingerprint density at radius 3 is 1.36 bits per heavy atom. The van der Waals surface area contributed by atoms with Crippen molar-refractivity contribution in [2.45, 2.75) is 232 Å². The molecular formula is C49H95NO8P+. The fourth-order valence-electron chi connectivity index (χ4n) is 6.87. The number of carbonyl (C=O) groups excluding carboxylic acids is 2. The predicted molar refractivity (Wildman–Crippen MR) is 247 cm³/mol. The second kappa shape index (κ2) is 41.8. The van der Waals surface area contributed by atoms with Crippen molar-refractivity contribution in [3.05, 3.63) is 24.3 Å². The molecule has 0 aliphatic heterocycles. The number of phosphoric acid groups is 1. The Hall–Kier alpha value is -1.51. The molecule has 1 N–H and O–H groups in total. The Bertz CT molecular complexity index is 1060. The molecule has 9 nitrogen and oxygen atoms in total. The molecule has 0 saturated carbocycles. The van der Waals surface area contributed by atoms with E-state index in [1.165, 1.54) is 135 Å². The number of rotatable bonds is 45. The number of hydrogen-bond donors (Lipinski definition) is 1. The monoisotopic (exact) mass is 857 g/mol. The molecule has 0 amide bonds. The number of unbranched alkanes of at least 4 members (excludes halogenated alkanes) is 27. The third-order valence-electron chi connectivity index (χ3n) is 10.7. The second-order valence-electron chi connectivity index (χ2n) is 17.9. The van der Waals surface area contributed by atoms with Crippen LogP contribution in [0.4, 0.5) is 0 Å². The quantitative estimate of drug-likeness (QED) is 0.0212. The first kappa shape index (κ1) is 57.5. The first-order valence-corrected chi connectivity index (χ1v) is 26.1. The third-order valence-corrected chi connectivity index (χ3v) is 11.7. The molecule has 0 radical (unpaired) electrons. The van der Waals surface area contributed by atoms with Crippen LogP contribution in [0.25, 0.3) is 0 Å². The van der Waals surface area contributed by atoms with Crippen LogP contribution in [0.5, 0.6) is 0 Å². The minimum Gasteiger partial charge on any atom is -0.462 e. The number of carbonyl (C=O) groups is 2. The summed E-state index contributed by atoms with van der Waals surface area (Å²) in [6.45, 7) is 4.42. The molecule has 0 rings (SSSR count). The van der Waals surface area contributed by atoms with E-state index in [0.29, 0.717) is 23.9 Å². The van der Waals surface area contributed by atoms with Gasteiger partial charge in [-0.2, -0.15) is 0 Å². The van der Waals surface area contributed by atoms with Gasteiger partial charge >= 0.3 is 19.8 Å². The molecule has 0 aromatic carbocycles. The van der Waals surface area contributed by atoms with Crippen LogP contribution in [0.3, 0.4) is 0 Å². The highest BCUT2D eigenvalue weighted by Crippen LogP contribution is 2.43. The van der Waals surface area contributed by atoms with Crippen molar-refractivity contribution >= 4 is 19.8 Å². The van der Waals surface area contributed by atoms with Gasteiger partial charge in [0.1, 0.15) is 19.8 Å². The van der Waals surface area contributed by atoms with E-state index >= 15 is 0 Å². The van der Waals surface area contributed by atoms with E-state index in [1.54, 1.807) is 0 Å². The van der Waals surface area contributed by atoms with Crippen LogP contribution in [0.1, 0.15) is 226 Å². The number of likely N-dealkylation sites (N-methyl/N-ethyl adjacent to an activating group) is 1. The maximum Gasteiger partial charge on any atom is 0.472 e. The lowest BCUT2D eigenvalue weighted by molar-refractivity contribution is -0.870. The van der Waals surface area contributed by atoms with Gasteiger partial charge in [0.2, 0.25) is 0 Å². The van der Waals surface area contributed by atoms with Crippen LogP contribution in [-0.2, 0) is 32.7 Å². The van der Waals surface area contributed by atoms with Gasteiger partial charge in [-0.05, 0) is 44.9 Å². The van der Waals surface area contributed by atoms with Gasteiger partial charge in [0, 0.05) is 12.8 Å². The summed E-state index contributed by atoms with van der Waals surface area (Å²) in [5.41, 5.74) is 0. The summed E-state index contributed by atoms with van der Waals surface area (Å²) in [5, 5.41) is 0. The van der Waals surface area contributed by atoms with Crippen LogP contribution in [-0.4, -0.2) is 74.9 Å². The Morgan fingerprint density at radius 1 is 0.525 bits per heavy atom. The molecule has 0 saturated heterocycles. The van der Waals surface area contributed by atoms with Crippen molar-refractivity contribution in [2.24, 2.45) is 0 Å². The van der Waals surface area contributed by atoms with Gasteiger partial charge in [0.15, 0.2) is 6.10 Å². The molecule has 0 aliphatic carbocycles. The Kier molecular flexibility index (Phi) is 40.8. The van der Waals surface area contributed by atoms with Gasteiger partial charge in [-0.3, -0.25) is 18.6 Å². The van der Waals surface area contributed by atoms with Crippen molar-refractivity contribution in [2.75, 3.05) is 47.5 Å². The molecule has 348 valence electrons. The van der Waals surface area contributed by atoms with Crippen molar-refractivity contribution in [3.63, 3.8) is 0 Å². The maximum absolute atomic E-state index is 12.7. The molecule has 0 bridgehead atoms. The van der Waals surface area contributed by atoms with Crippen molar-refractivity contribution in [3.8, 4) is 0 Å². The fraction of sp³-hybridized carbons (Fsp3) is 0.878. The average Bonchev–Trinajstić information content (AvgIpc) is 3.19. The smallest absolute Gasteiger partial charge is 0.462 e. The van der Waals surface area contributed by atoms with Gasteiger partial charge < -0.3 is 18.9 Å². The highest BCUT2D eigenvalue weighted by molar-refractivity contribution is 7.47. The lowest BCUT2D eigenvalue weighted by Crippen LogP contribution is -2.37. The highest BCUT2D eigenvalue weighted by atomic mass is 31.2. The topological polar surface area (TPSA) is 108 Å². The van der Waals surface area contributed by atoms with Gasteiger partial charge in [0.05, 0.1) is 27.7 Å². The SMILES string of the molecule is CCCCCC/C=C\C/C=C\CCCCCCCC(=O)OC(COC(=O)CCCCCCCCCCCCCCCCCCCCC)COP(=O)(O)OCC[N+](C)(C)C. The number of nitrogens with zero attached hydrogens (tertiary/aromatic N) is 1. The zero-order valence-electron chi connectivity index (χ0n) is 39.2. The number of phosphoric ester groups is 1. The third kappa shape index (κ3) is 45.8. The summed E-state index contributed by atoms with van der Waals surface area (Å²) < 4.78 is 34.4.